The number of allylic oxidation sites excluding steroid dienone is 1. The summed E-state index contributed by atoms with van der Waals surface area (Å²) in [5.41, 5.74) is 1.35. The molecule has 0 bridgehead atoms. The SMILES string of the molecule is Cn1ncc(Br)c1/C=C/C(=O)c1ccc(O)cc1. The monoisotopic (exact) mass is 306 g/mol. The molecule has 0 aliphatic carbocycles. The maximum absolute atomic E-state index is 11.9. The van der Waals surface area contributed by atoms with Crippen molar-refractivity contribution in [3.05, 3.63) is 52.3 Å². The molecule has 0 unspecified atom stereocenters. The Morgan fingerprint density at radius 3 is 2.61 bits per heavy atom. The van der Waals surface area contributed by atoms with Crippen LogP contribution in [0, 0.1) is 0 Å². The predicted molar refractivity (Wildman–Crippen MR) is 72.4 cm³/mol. The normalized spacial score (nSPS) is 11.0. The average Bonchev–Trinajstić information content (AvgIpc) is 2.67. The molecule has 0 aliphatic rings. The highest BCUT2D eigenvalue weighted by Crippen LogP contribution is 2.17. The van der Waals surface area contributed by atoms with Gasteiger partial charge in [-0.15, -0.1) is 0 Å². The van der Waals surface area contributed by atoms with Gasteiger partial charge >= 0.3 is 0 Å². The molecule has 0 amide bonds. The number of halogens is 1. The van der Waals surface area contributed by atoms with Crippen molar-refractivity contribution in [1.29, 1.82) is 0 Å². The number of benzene rings is 1. The summed E-state index contributed by atoms with van der Waals surface area (Å²) in [5, 5.41) is 13.2. The van der Waals surface area contributed by atoms with Gasteiger partial charge in [0.05, 0.1) is 16.4 Å². The summed E-state index contributed by atoms with van der Waals surface area (Å²) in [7, 11) is 1.80. The average molecular weight is 307 g/mol. The number of hydrogen-bond acceptors (Lipinski definition) is 3. The fraction of sp³-hybridized carbons (Fsp3) is 0.0769. The molecule has 2 rings (SSSR count). The van der Waals surface area contributed by atoms with Crippen LogP contribution in [0.25, 0.3) is 6.08 Å². The number of aromatic hydroxyl groups is 1. The van der Waals surface area contributed by atoms with Crippen molar-refractivity contribution in [1.82, 2.24) is 9.78 Å². The van der Waals surface area contributed by atoms with Crippen LogP contribution in [0.15, 0.2) is 41.0 Å². The molecule has 0 spiro atoms. The Morgan fingerprint density at radius 1 is 1.39 bits per heavy atom. The molecule has 92 valence electrons. The molecule has 1 N–H and O–H groups in total. The number of ketones is 1. The van der Waals surface area contributed by atoms with E-state index >= 15 is 0 Å². The van der Waals surface area contributed by atoms with E-state index in [-0.39, 0.29) is 11.5 Å². The quantitative estimate of drug-likeness (QED) is 0.701. The number of aromatic nitrogens is 2. The van der Waals surface area contributed by atoms with E-state index in [1.165, 1.54) is 18.2 Å². The Hall–Kier alpha value is -1.88. The first-order valence-electron chi connectivity index (χ1n) is 5.27. The van der Waals surface area contributed by atoms with E-state index in [9.17, 15) is 4.79 Å². The molecule has 0 atom stereocenters. The summed E-state index contributed by atoms with van der Waals surface area (Å²) in [6.45, 7) is 0. The summed E-state index contributed by atoms with van der Waals surface area (Å²) in [6.07, 6.45) is 4.85. The van der Waals surface area contributed by atoms with Crippen LogP contribution < -0.4 is 0 Å². The number of nitrogens with zero attached hydrogens (tertiary/aromatic N) is 2. The number of phenols is 1. The first-order valence-corrected chi connectivity index (χ1v) is 6.06. The molecular weight excluding hydrogens is 296 g/mol. The summed E-state index contributed by atoms with van der Waals surface area (Å²) in [5.74, 6) is 0.0213. The molecule has 0 radical (unpaired) electrons. The molecule has 0 fully saturated rings. The van der Waals surface area contributed by atoms with Crippen molar-refractivity contribution in [3.63, 3.8) is 0 Å². The Labute approximate surface area is 113 Å². The molecule has 1 aromatic carbocycles. The number of rotatable bonds is 3. The molecule has 5 heteroatoms. The van der Waals surface area contributed by atoms with Gasteiger partial charge in [0.25, 0.3) is 0 Å². The van der Waals surface area contributed by atoms with Crippen LogP contribution >= 0.6 is 15.9 Å². The van der Waals surface area contributed by atoms with E-state index in [4.69, 9.17) is 5.11 Å². The van der Waals surface area contributed by atoms with E-state index < -0.39 is 0 Å². The van der Waals surface area contributed by atoms with Crippen LogP contribution in [-0.2, 0) is 7.05 Å². The van der Waals surface area contributed by atoms with E-state index in [1.807, 2.05) is 0 Å². The van der Waals surface area contributed by atoms with Crippen molar-refractivity contribution in [2.45, 2.75) is 0 Å². The molecule has 0 saturated heterocycles. The number of carbonyl (C=O) groups excluding carboxylic acids is 1. The van der Waals surface area contributed by atoms with Gasteiger partial charge < -0.3 is 5.11 Å². The van der Waals surface area contributed by atoms with Gasteiger partial charge in [0, 0.05) is 12.6 Å². The topological polar surface area (TPSA) is 55.1 Å². The van der Waals surface area contributed by atoms with Crippen LogP contribution in [0.3, 0.4) is 0 Å². The van der Waals surface area contributed by atoms with Crippen molar-refractivity contribution < 1.29 is 9.90 Å². The number of carbonyl (C=O) groups is 1. The molecule has 1 heterocycles. The Morgan fingerprint density at radius 2 is 2.06 bits per heavy atom. The van der Waals surface area contributed by atoms with Crippen molar-refractivity contribution >= 4 is 27.8 Å². The van der Waals surface area contributed by atoms with Crippen LogP contribution in [0.5, 0.6) is 5.75 Å². The summed E-state index contributed by atoms with van der Waals surface area (Å²) < 4.78 is 2.50. The molecule has 18 heavy (non-hydrogen) atoms. The van der Waals surface area contributed by atoms with E-state index in [2.05, 4.69) is 21.0 Å². The molecular formula is C13H11BrN2O2. The van der Waals surface area contributed by atoms with Crippen LogP contribution in [0.1, 0.15) is 16.1 Å². The summed E-state index contributed by atoms with van der Waals surface area (Å²) in [6, 6.07) is 6.14. The molecule has 2 aromatic rings. The largest absolute Gasteiger partial charge is 0.508 e. The van der Waals surface area contributed by atoms with Crippen molar-refractivity contribution in [3.8, 4) is 5.75 Å². The van der Waals surface area contributed by atoms with Gasteiger partial charge in [-0.1, -0.05) is 0 Å². The van der Waals surface area contributed by atoms with E-state index in [0.717, 1.165) is 10.2 Å². The van der Waals surface area contributed by atoms with Gasteiger partial charge in [0.15, 0.2) is 5.78 Å². The zero-order valence-corrected chi connectivity index (χ0v) is 11.3. The highest BCUT2D eigenvalue weighted by molar-refractivity contribution is 9.10. The third-order valence-electron chi connectivity index (χ3n) is 2.48. The van der Waals surface area contributed by atoms with Gasteiger partial charge in [-0.05, 0) is 52.3 Å². The number of aryl methyl sites for hydroxylation is 1. The first kappa shape index (κ1) is 12.6. The highest BCUT2D eigenvalue weighted by Gasteiger charge is 2.04. The molecule has 4 nitrogen and oxygen atoms in total. The third kappa shape index (κ3) is 2.68. The maximum atomic E-state index is 11.9. The Bertz CT molecular complexity index is 580. The van der Waals surface area contributed by atoms with Crippen LogP contribution in [-0.4, -0.2) is 20.7 Å². The second-order valence-electron chi connectivity index (χ2n) is 3.75. The zero-order chi connectivity index (χ0) is 13.1. The van der Waals surface area contributed by atoms with Crippen LogP contribution in [0.4, 0.5) is 0 Å². The third-order valence-corrected chi connectivity index (χ3v) is 3.09. The maximum Gasteiger partial charge on any atom is 0.185 e. The van der Waals surface area contributed by atoms with Gasteiger partial charge in [-0.25, -0.2) is 0 Å². The number of phenolic OH excluding ortho intramolecular Hbond substituents is 1. The zero-order valence-electron chi connectivity index (χ0n) is 9.67. The lowest BCUT2D eigenvalue weighted by molar-refractivity contribution is 0.104. The Kier molecular flexibility index (Phi) is 3.62. The fourth-order valence-electron chi connectivity index (χ4n) is 1.48. The predicted octanol–water partition coefficient (Wildman–Crippen LogP) is 2.78. The lowest BCUT2D eigenvalue weighted by atomic mass is 10.1. The second-order valence-corrected chi connectivity index (χ2v) is 4.60. The Balaban J connectivity index is 2.19. The minimum atomic E-state index is -0.122. The first-order chi connectivity index (χ1) is 8.58. The van der Waals surface area contributed by atoms with Gasteiger partial charge in [0.1, 0.15) is 5.75 Å². The lowest BCUT2D eigenvalue weighted by Crippen LogP contribution is -1.96. The van der Waals surface area contributed by atoms with E-state index in [1.54, 1.807) is 36.1 Å². The number of hydrogen-bond donors (Lipinski definition) is 1. The minimum Gasteiger partial charge on any atom is -0.508 e. The van der Waals surface area contributed by atoms with Crippen LogP contribution in [0.2, 0.25) is 0 Å². The standard InChI is InChI=1S/C13H11BrN2O2/c1-16-12(11(14)8-15-16)6-7-13(18)9-2-4-10(17)5-3-9/h2-8,17H,1H3/b7-6+. The van der Waals surface area contributed by atoms with E-state index in [0.29, 0.717) is 5.56 Å². The van der Waals surface area contributed by atoms with Gasteiger partial charge in [-0.3, -0.25) is 9.48 Å². The van der Waals surface area contributed by atoms with Gasteiger partial charge in [0.2, 0.25) is 0 Å². The smallest absolute Gasteiger partial charge is 0.185 e. The molecule has 1 aromatic heterocycles. The van der Waals surface area contributed by atoms with Crippen molar-refractivity contribution in [2.24, 2.45) is 7.05 Å². The fourth-order valence-corrected chi connectivity index (χ4v) is 1.96. The van der Waals surface area contributed by atoms with Crippen molar-refractivity contribution in [2.75, 3.05) is 0 Å². The summed E-state index contributed by atoms with van der Waals surface area (Å²) in [4.78, 5) is 11.9. The second kappa shape index (κ2) is 5.18. The highest BCUT2D eigenvalue weighted by atomic mass is 79.9. The molecule has 0 saturated carbocycles. The van der Waals surface area contributed by atoms with Gasteiger partial charge in [-0.2, -0.15) is 5.10 Å². The summed E-state index contributed by atoms with van der Waals surface area (Å²) >= 11 is 3.35. The lowest BCUT2D eigenvalue weighted by Gasteiger charge is -1.97. The minimum absolute atomic E-state index is 0.122. The molecule has 0 aliphatic heterocycles.